The quantitative estimate of drug-likeness (QED) is 0.806. The van der Waals surface area contributed by atoms with Crippen molar-refractivity contribution < 1.29 is 8.42 Å². The molecule has 0 unspecified atom stereocenters. The van der Waals surface area contributed by atoms with Gasteiger partial charge in [-0.05, 0) is 43.3 Å². The second kappa shape index (κ2) is 5.05. The number of hydrogen-bond acceptors (Lipinski definition) is 3. The summed E-state index contributed by atoms with van der Waals surface area (Å²) in [6.45, 7) is 1.83. The highest BCUT2D eigenvalue weighted by Gasteiger charge is 2.16. The van der Waals surface area contributed by atoms with Gasteiger partial charge in [-0.15, -0.1) is 0 Å². The van der Waals surface area contributed by atoms with E-state index < -0.39 is 10.0 Å². The van der Waals surface area contributed by atoms with Crippen LogP contribution < -0.4 is 4.72 Å². The maximum Gasteiger partial charge on any atom is 0.261 e. The molecule has 0 aliphatic carbocycles. The Kier molecular flexibility index (Phi) is 3.35. The third kappa shape index (κ3) is 2.59. The summed E-state index contributed by atoms with van der Waals surface area (Å²) in [5.41, 5.74) is 2.04. The molecule has 0 radical (unpaired) electrons. The van der Waals surface area contributed by atoms with Crippen molar-refractivity contribution in [2.24, 2.45) is 0 Å². The third-order valence-corrected chi connectivity index (χ3v) is 4.82. The molecule has 7 heteroatoms. The highest BCUT2D eigenvalue weighted by Crippen LogP contribution is 2.21. The van der Waals surface area contributed by atoms with E-state index in [1.165, 1.54) is 12.1 Å². The van der Waals surface area contributed by atoms with Crippen LogP contribution in [0.4, 0.5) is 5.69 Å². The lowest BCUT2D eigenvalue weighted by Gasteiger charge is -2.12. The zero-order chi connectivity index (χ0) is 15.0. The number of imidazole rings is 1. The van der Waals surface area contributed by atoms with Gasteiger partial charge in [0.15, 0.2) is 0 Å². The van der Waals surface area contributed by atoms with Crippen LogP contribution in [0.2, 0.25) is 5.02 Å². The molecule has 3 aromatic rings. The molecule has 0 fully saturated rings. The Bertz CT molecular complexity index is 902. The number of aromatic nitrogens is 2. The Morgan fingerprint density at radius 3 is 2.57 bits per heavy atom. The predicted octanol–water partition coefficient (Wildman–Crippen LogP) is 3.10. The van der Waals surface area contributed by atoms with Gasteiger partial charge < -0.3 is 4.40 Å². The molecule has 0 atom stereocenters. The van der Waals surface area contributed by atoms with Crippen molar-refractivity contribution in [1.82, 2.24) is 9.38 Å². The number of benzene rings is 1. The van der Waals surface area contributed by atoms with Crippen LogP contribution in [0.3, 0.4) is 0 Å². The SMILES string of the molecule is Cc1c(NS(=O)(=O)c2ccc(Cl)cc2)ccc2nccn12. The van der Waals surface area contributed by atoms with Crippen LogP contribution in [0.1, 0.15) is 5.69 Å². The molecule has 3 rings (SSSR count). The number of aryl methyl sites for hydroxylation is 1. The summed E-state index contributed by atoms with van der Waals surface area (Å²) < 4.78 is 29.1. The largest absolute Gasteiger partial charge is 0.302 e. The molecular formula is C14H12ClN3O2S. The van der Waals surface area contributed by atoms with Gasteiger partial charge in [-0.25, -0.2) is 13.4 Å². The summed E-state index contributed by atoms with van der Waals surface area (Å²) in [5.74, 6) is 0. The van der Waals surface area contributed by atoms with Crippen LogP contribution in [-0.2, 0) is 10.0 Å². The number of fused-ring (bicyclic) bond motifs is 1. The first-order chi connectivity index (χ1) is 9.97. The average Bonchev–Trinajstić information content (AvgIpc) is 2.91. The molecule has 1 N–H and O–H groups in total. The Morgan fingerprint density at radius 1 is 1.14 bits per heavy atom. The lowest BCUT2D eigenvalue weighted by Crippen LogP contribution is -2.14. The molecule has 0 saturated heterocycles. The van der Waals surface area contributed by atoms with Crippen LogP contribution >= 0.6 is 11.6 Å². The van der Waals surface area contributed by atoms with Crippen LogP contribution in [0.15, 0.2) is 53.7 Å². The molecule has 1 aromatic carbocycles. The van der Waals surface area contributed by atoms with Gasteiger partial charge in [0.05, 0.1) is 10.6 Å². The maximum absolute atomic E-state index is 12.4. The molecule has 2 aromatic heterocycles. The summed E-state index contributed by atoms with van der Waals surface area (Å²) in [7, 11) is -3.65. The molecule has 0 amide bonds. The lowest BCUT2D eigenvalue weighted by atomic mass is 10.3. The van der Waals surface area contributed by atoms with Crippen LogP contribution in [0.5, 0.6) is 0 Å². The van der Waals surface area contributed by atoms with Gasteiger partial charge in [-0.1, -0.05) is 11.6 Å². The molecule has 2 heterocycles. The minimum Gasteiger partial charge on any atom is -0.302 e. The summed E-state index contributed by atoms with van der Waals surface area (Å²) in [6.07, 6.45) is 3.45. The van der Waals surface area contributed by atoms with Crippen LogP contribution in [-0.4, -0.2) is 17.8 Å². The molecular weight excluding hydrogens is 310 g/mol. The van der Waals surface area contributed by atoms with Crippen molar-refractivity contribution in [3.05, 3.63) is 59.5 Å². The van der Waals surface area contributed by atoms with E-state index in [1.807, 2.05) is 11.3 Å². The normalized spacial score (nSPS) is 11.7. The number of halogens is 1. The van der Waals surface area contributed by atoms with Gasteiger partial charge in [-0.3, -0.25) is 4.72 Å². The van der Waals surface area contributed by atoms with Crippen molar-refractivity contribution in [2.75, 3.05) is 4.72 Å². The fraction of sp³-hybridized carbons (Fsp3) is 0.0714. The summed E-state index contributed by atoms with van der Waals surface area (Å²) in [6, 6.07) is 9.48. The molecule has 5 nitrogen and oxygen atoms in total. The second-order valence-corrected chi connectivity index (χ2v) is 6.67. The minimum atomic E-state index is -3.65. The van der Waals surface area contributed by atoms with E-state index in [-0.39, 0.29) is 4.90 Å². The Balaban J connectivity index is 2.00. The van der Waals surface area contributed by atoms with Crippen molar-refractivity contribution >= 4 is 33.0 Å². The number of hydrogen-bond donors (Lipinski definition) is 1. The van der Waals surface area contributed by atoms with Crippen LogP contribution in [0.25, 0.3) is 5.65 Å². The minimum absolute atomic E-state index is 0.164. The topological polar surface area (TPSA) is 63.5 Å². The molecule has 0 spiro atoms. The summed E-state index contributed by atoms with van der Waals surface area (Å²) in [4.78, 5) is 4.32. The number of pyridine rings is 1. The second-order valence-electron chi connectivity index (χ2n) is 4.55. The molecule has 21 heavy (non-hydrogen) atoms. The van der Waals surface area contributed by atoms with Crippen molar-refractivity contribution in [1.29, 1.82) is 0 Å². The van der Waals surface area contributed by atoms with Gasteiger partial charge >= 0.3 is 0 Å². The first-order valence-electron chi connectivity index (χ1n) is 6.18. The number of nitrogens with one attached hydrogen (secondary N) is 1. The molecule has 108 valence electrons. The molecule has 0 aliphatic heterocycles. The lowest BCUT2D eigenvalue weighted by molar-refractivity contribution is 0.601. The molecule has 0 bridgehead atoms. The Morgan fingerprint density at radius 2 is 1.86 bits per heavy atom. The van der Waals surface area contributed by atoms with Crippen molar-refractivity contribution in [3.63, 3.8) is 0 Å². The zero-order valence-electron chi connectivity index (χ0n) is 11.1. The van der Waals surface area contributed by atoms with E-state index in [0.717, 1.165) is 11.3 Å². The maximum atomic E-state index is 12.4. The van der Waals surface area contributed by atoms with E-state index in [2.05, 4.69) is 9.71 Å². The number of sulfonamides is 1. The van der Waals surface area contributed by atoms with E-state index in [1.54, 1.807) is 36.7 Å². The van der Waals surface area contributed by atoms with E-state index in [4.69, 9.17) is 11.6 Å². The highest BCUT2D eigenvalue weighted by molar-refractivity contribution is 7.92. The predicted molar refractivity (Wildman–Crippen MR) is 82.2 cm³/mol. The highest BCUT2D eigenvalue weighted by atomic mass is 35.5. The van der Waals surface area contributed by atoms with Gasteiger partial charge in [0.1, 0.15) is 5.65 Å². The first kappa shape index (κ1) is 13.9. The standard InChI is InChI=1S/C14H12ClN3O2S/c1-10-13(6-7-14-16-8-9-18(10)14)17-21(19,20)12-4-2-11(15)3-5-12/h2-9,17H,1H3. The van der Waals surface area contributed by atoms with E-state index >= 15 is 0 Å². The summed E-state index contributed by atoms with van der Waals surface area (Å²) in [5, 5.41) is 0.491. The van der Waals surface area contributed by atoms with Crippen molar-refractivity contribution in [3.8, 4) is 0 Å². The smallest absolute Gasteiger partial charge is 0.261 e. The first-order valence-corrected chi connectivity index (χ1v) is 8.04. The van der Waals surface area contributed by atoms with E-state index in [0.29, 0.717) is 10.7 Å². The monoisotopic (exact) mass is 321 g/mol. The summed E-state index contributed by atoms with van der Waals surface area (Å²) >= 11 is 5.77. The molecule has 0 aliphatic rings. The number of anilines is 1. The van der Waals surface area contributed by atoms with Gasteiger partial charge in [-0.2, -0.15) is 0 Å². The Labute approximate surface area is 127 Å². The van der Waals surface area contributed by atoms with E-state index in [9.17, 15) is 8.42 Å². The van der Waals surface area contributed by atoms with Gasteiger partial charge in [0.2, 0.25) is 0 Å². The van der Waals surface area contributed by atoms with Crippen LogP contribution in [0, 0.1) is 6.92 Å². The number of rotatable bonds is 3. The Hall–Kier alpha value is -2.05. The molecule has 0 saturated carbocycles. The van der Waals surface area contributed by atoms with Gasteiger partial charge in [0.25, 0.3) is 10.0 Å². The number of nitrogens with zero attached hydrogens (tertiary/aromatic N) is 2. The fourth-order valence-corrected chi connectivity index (χ4v) is 3.30. The van der Waals surface area contributed by atoms with Crippen molar-refractivity contribution in [2.45, 2.75) is 11.8 Å². The fourth-order valence-electron chi connectivity index (χ4n) is 2.06. The third-order valence-electron chi connectivity index (χ3n) is 3.19. The van der Waals surface area contributed by atoms with Gasteiger partial charge in [0, 0.05) is 23.1 Å². The average molecular weight is 322 g/mol. The zero-order valence-corrected chi connectivity index (χ0v) is 12.7.